The van der Waals surface area contributed by atoms with Crippen LogP contribution >= 0.6 is 11.6 Å². The molecule has 2 rings (SSSR count). The van der Waals surface area contributed by atoms with Crippen LogP contribution in [0.25, 0.3) is 0 Å². The van der Waals surface area contributed by atoms with Crippen LogP contribution in [-0.4, -0.2) is 17.0 Å². The second-order valence-corrected chi connectivity index (χ2v) is 4.78. The topological polar surface area (TPSA) is 92.4 Å². The van der Waals surface area contributed by atoms with Gasteiger partial charge in [0.15, 0.2) is 0 Å². The van der Waals surface area contributed by atoms with Crippen molar-refractivity contribution in [1.82, 2.24) is 0 Å². The van der Waals surface area contributed by atoms with Gasteiger partial charge in [0.1, 0.15) is 6.04 Å². The molecule has 5 nitrogen and oxygen atoms in total. The summed E-state index contributed by atoms with van der Waals surface area (Å²) in [6, 6.07) is 12.3. The Morgan fingerprint density at radius 1 is 1.14 bits per heavy atom. The van der Waals surface area contributed by atoms with Gasteiger partial charge in [0, 0.05) is 5.69 Å². The number of anilines is 1. The first kappa shape index (κ1) is 15.0. The fraction of sp³-hybridized carbons (Fsp3) is 0.0667. The fourth-order valence-corrected chi connectivity index (χ4v) is 2.06. The first-order valence-corrected chi connectivity index (χ1v) is 6.51. The quantitative estimate of drug-likeness (QED) is 0.809. The standard InChI is InChI=1S/C15H13ClN2O3/c16-12-8-10(6-7-11(12)15(20)21)18-14(19)13(17)9-4-2-1-3-5-9/h1-8,13H,17H2,(H,18,19)(H,20,21)/t13-/m0/s1. The summed E-state index contributed by atoms with van der Waals surface area (Å²) >= 11 is 5.84. The van der Waals surface area contributed by atoms with Crippen molar-refractivity contribution < 1.29 is 14.7 Å². The van der Waals surface area contributed by atoms with Crippen molar-refractivity contribution in [3.05, 3.63) is 64.7 Å². The van der Waals surface area contributed by atoms with Crippen molar-refractivity contribution in [2.24, 2.45) is 5.73 Å². The number of hydrogen-bond acceptors (Lipinski definition) is 3. The highest BCUT2D eigenvalue weighted by Crippen LogP contribution is 2.22. The minimum Gasteiger partial charge on any atom is -0.478 e. The van der Waals surface area contributed by atoms with Crippen LogP contribution in [0.1, 0.15) is 22.0 Å². The zero-order valence-electron chi connectivity index (χ0n) is 10.9. The molecule has 0 saturated heterocycles. The number of halogens is 1. The minimum atomic E-state index is -1.13. The van der Waals surface area contributed by atoms with E-state index in [1.54, 1.807) is 24.3 Å². The number of amides is 1. The second kappa shape index (κ2) is 6.39. The predicted molar refractivity (Wildman–Crippen MR) is 80.4 cm³/mol. The molecule has 0 unspecified atom stereocenters. The Bertz CT molecular complexity index is 674. The monoisotopic (exact) mass is 304 g/mol. The summed E-state index contributed by atoms with van der Waals surface area (Å²) in [7, 11) is 0. The number of carbonyl (C=O) groups is 2. The molecule has 4 N–H and O–H groups in total. The third-order valence-electron chi connectivity index (χ3n) is 2.91. The van der Waals surface area contributed by atoms with E-state index in [0.717, 1.165) is 0 Å². The molecule has 0 spiro atoms. The maximum Gasteiger partial charge on any atom is 0.337 e. The van der Waals surface area contributed by atoms with E-state index in [9.17, 15) is 9.59 Å². The van der Waals surface area contributed by atoms with Crippen LogP contribution in [0.15, 0.2) is 48.5 Å². The van der Waals surface area contributed by atoms with Crippen LogP contribution in [0.3, 0.4) is 0 Å². The molecule has 0 fully saturated rings. The molecule has 0 aliphatic carbocycles. The summed E-state index contributed by atoms with van der Waals surface area (Å²) in [4.78, 5) is 22.9. The van der Waals surface area contributed by atoms with Gasteiger partial charge < -0.3 is 16.2 Å². The smallest absolute Gasteiger partial charge is 0.337 e. The van der Waals surface area contributed by atoms with Gasteiger partial charge in [-0.15, -0.1) is 0 Å². The van der Waals surface area contributed by atoms with Crippen LogP contribution in [0.4, 0.5) is 5.69 Å². The van der Waals surface area contributed by atoms with Crippen molar-refractivity contribution in [1.29, 1.82) is 0 Å². The van der Waals surface area contributed by atoms with Crippen LogP contribution in [-0.2, 0) is 4.79 Å². The molecular formula is C15H13ClN2O3. The first-order valence-electron chi connectivity index (χ1n) is 6.13. The number of aromatic carboxylic acids is 1. The van der Waals surface area contributed by atoms with E-state index in [-0.39, 0.29) is 10.6 Å². The Kier molecular flexibility index (Phi) is 4.57. The Morgan fingerprint density at radius 2 is 1.81 bits per heavy atom. The first-order chi connectivity index (χ1) is 9.99. The van der Waals surface area contributed by atoms with Crippen molar-refractivity contribution >= 4 is 29.2 Å². The second-order valence-electron chi connectivity index (χ2n) is 4.38. The molecule has 0 bridgehead atoms. The molecule has 0 aromatic heterocycles. The number of carbonyl (C=O) groups excluding carboxylic acids is 1. The molecule has 2 aromatic rings. The number of carboxylic acid groups (broad SMARTS) is 1. The van der Waals surface area contributed by atoms with Gasteiger partial charge in [-0.1, -0.05) is 41.9 Å². The van der Waals surface area contributed by atoms with Gasteiger partial charge in [-0.2, -0.15) is 0 Å². The van der Waals surface area contributed by atoms with E-state index in [4.69, 9.17) is 22.4 Å². The fourth-order valence-electron chi connectivity index (χ4n) is 1.80. The average Bonchev–Trinajstić information content (AvgIpc) is 2.47. The van der Waals surface area contributed by atoms with Crippen molar-refractivity contribution in [3.8, 4) is 0 Å². The van der Waals surface area contributed by atoms with Gasteiger partial charge >= 0.3 is 5.97 Å². The van der Waals surface area contributed by atoms with Gasteiger partial charge in [-0.05, 0) is 23.8 Å². The van der Waals surface area contributed by atoms with Crippen molar-refractivity contribution in [2.75, 3.05) is 5.32 Å². The molecule has 0 radical (unpaired) electrons. The molecule has 0 heterocycles. The molecule has 21 heavy (non-hydrogen) atoms. The van der Waals surface area contributed by atoms with Gasteiger partial charge in [-0.25, -0.2) is 4.79 Å². The molecule has 2 aromatic carbocycles. The summed E-state index contributed by atoms with van der Waals surface area (Å²) in [5, 5.41) is 11.5. The molecule has 0 saturated carbocycles. The largest absolute Gasteiger partial charge is 0.478 e. The number of benzene rings is 2. The highest BCUT2D eigenvalue weighted by Gasteiger charge is 2.16. The molecule has 1 atom stereocenters. The zero-order chi connectivity index (χ0) is 15.4. The molecule has 6 heteroatoms. The van der Waals surface area contributed by atoms with E-state index in [2.05, 4.69) is 5.32 Å². The minimum absolute atomic E-state index is 0.0259. The van der Waals surface area contributed by atoms with E-state index in [1.807, 2.05) is 6.07 Å². The molecule has 1 amide bonds. The summed E-state index contributed by atoms with van der Waals surface area (Å²) in [6.07, 6.45) is 0. The summed E-state index contributed by atoms with van der Waals surface area (Å²) < 4.78 is 0. The lowest BCUT2D eigenvalue weighted by molar-refractivity contribution is -0.117. The van der Waals surface area contributed by atoms with E-state index < -0.39 is 17.9 Å². The van der Waals surface area contributed by atoms with E-state index in [0.29, 0.717) is 11.3 Å². The van der Waals surface area contributed by atoms with Crippen LogP contribution in [0.5, 0.6) is 0 Å². The summed E-state index contributed by atoms with van der Waals surface area (Å²) in [6.45, 7) is 0. The number of carboxylic acids is 1. The molecule has 108 valence electrons. The van der Waals surface area contributed by atoms with Crippen LogP contribution in [0.2, 0.25) is 5.02 Å². The Hall–Kier alpha value is -2.37. The normalized spacial score (nSPS) is 11.7. The molecule has 0 aliphatic rings. The Balaban J connectivity index is 2.13. The zero-order valence-corrected chi connectivity index (χ0v) is 11.7. The summed E-state index contributed by atoms with van der Waals surface area (Å²) in [5.74, 6) is -1.53. The number of nitrogens with one attached hydrogen (secondary N) is 1. The maximum absolute atomic E-state index is 12.0. The van der Waals surface area contributed by atoms with Gasteiger partial charge in [0.05, 0.1) is 10.6 Å². The van der Waals surface area contributed by atoms with E-state index >= 15 is 0 Å². The predicted octanol–water partition coefficient (Wildman–Crippen LogP) is 2.68. The van der Waals surface area contributed by atoms with Crippen LogP contribution < -0.4 is 11.1 Å². The average molecular weight is 305 g/mol. The lowest BCUT2D eigenvalue weighted by atomic mass is 10.1. The lowest BCUT2D eigenvalue weighted by Gasteiger charge is -2.13. The number of nitrogens with two attached hydrogens (primary N) is 1. The lowest BCUT2D eigenvalue weighted by Crippen LogP contribution is -2.27. The maximum atomic E-state index is 12.0. The SMILES string of the molecule is N[C@H](C(=O)Nc1ccc(C(=O)O)c(Cl)c1)c1ccccc1. The highest BCUT2D eigenvalue weighted by atomic mass is 35.5. The number of hydrogen-bond donors (Lipinski definition) is 3. The molecular weight excluding hydrogens is 292 g/mol. The highest BCUT2D eigenvalue weighted by molar-refractivity contribution is 6.33. The van der Waals surface area contributed by atoms with Crippen molar-refractivity contribution in [3.63, 3.8) is 0 Å². The summed E-state index contributed by atoms with van der Waals surface area (Å²) in [5.41, 5.74) is 6.91. The van der Waals surface area contributed by atoms with Crippen molar-refractivity contribution in [2.45, 2.75) is 6.04 Å². The molecule has 0 aliphatic heterocycles. The Labute approximate surface area is 126 Å². The Morgan fingerprint density at radius 3 is 2.38 bits per heavy atom. The van der Waals surface area contributed by atoms with E-state index in [1.165, 1.54) is 18.2 Å². The van der Waals surface area contributed by atoms with Gasteiger partial charge in [0.2, 0.25) is 5.91 Å². The third-order valence-corrected chi connectivity index (χ3v) is 3.22. The van der Waals surface area contributed by atoms with Gasteiger partial charge in [0.25, 0.3) is 0 Å². The van der Waals surface area contributed by atoms with Crippen LogP contribution in [0, 0.1) is 0 Å². The third kappa shape index (κ3) is 3.59. The van der Waals surface area contributed by atoms with Gasteiger partial charge in [-0.3, -0.25) is 4.79 Å². The number of rotatable bonds is 4.